The third kappa shape index (κ3) is 2.19. The molecule has 0 bridgehead atoms. The maximum absolute atomic E-state index is 12.9. The molecule has 1 aliphatic carbocycles. The molecular formula is C17H23NO2. The highest BCUT2D eigenvalue weighted by atomic mass is 16.5. The molecule has 2 aliphatic rings. The van der Waals surface area contributed by atoms with E-state index in [1.54, 1.807) is 0 Å². The fourth-order valence-corrected chi connectivity index (χ4v) is 3.20. The summed E-state index contributed by atoms with van der Waals surface area (Å²) in [6.45, 7) is 7.54. The van der Waals surface area contributed by atoms with Crippen molar-refractivity contribution >= 4 is 5.91 Å². The van der Waals surface area contributed by atoms with Gasteiger partial charge in [-0.1, -0.05) is 32.0 Å². The molecule has 1 aliphatic heterocycles. The summed E-state index contributed by atoms with van der Waals surface area (Å²) >= 11 is 0. The SMILES string of the molecule is CC1c2ccccc2OCCN1C(=O)C(C)(C)C1CC1. The van der Waals surface area contributed by atoms with E-state index in [0.29, 0.717) is 19.1 Å². The van der Waals surface area contributed by atoms with Crippen LogP contribution in [0.3, 0.4) is 0 Å². The lowest BCUT2D eigenvalue weighted by Gasteiger charge is -2.35. The number of ether oxygens (including phenoxy) is 1. The average Bonchev–Trinajstić information content (AvgIpc) is 3.27. The summed E-state index contributed by atoms with van der Waals surface area (Å²) in [6.07, 6.45) is 2.38. The Balaban J connectivity index is 1.89. The number of para-hydroxylation sites is 1. The van der Waals surface area contributed by atoms with Crippen molar-refractivity contribution in [1.82, 2.24) is 4.90 Å². The molecule has 0 spiro atoms. The Hall–Kier alpha value is -1.51. The Kier molecular flexibility index (Phi) is 3.23. The van der Waals surface area contributed by atoms with Crippen LogP contribution >= 0.6 is 0 Å². The number of nitrogens with zero attached hydrogens (tertiary/aromatic N) is 1. The summed E-state index contributed by atoms with van der Waals surface area (Å²) < 4.78 is 5.79. The minimum atomic E-state index is -0.243. The topological polar surface area (TPSA) is 29.5 Å². The maximum Gasteiger partial charge on any atom is 0.229 e. The number of benzene rings is 1. The van der Waals surface area contributed by atoms with E-state index < -0.39 is 0 Å². The van der Waals surface area contributed by atoms with Gasteiger partial charge >= 0.3 is 0 Å². The summed E-state index contributed by atoms with van der Waals surface area (Å²) in [7, 11) is 0. The Morgan fingerprint density at radius 1 is 1.30 bits per heavy atom. The van der Waals surface area contributed by atoms with E-state index in [2.05, 4.69) is 26.8 Å². The number of hydrogen-bond donors (Lipinski definition) is 0. The zero-order valence-electron chi connectivity index (χ0n) is 12.6. The largest absolute Gasteiger partial charge is 0.491 e. The van der Waals surface area contributed by atoms with Gasteiger partial charge < -0.3 is 9.64 Å². The third-order valence-corrected chi connectivity index (χ3v) is 4.84. The standard InChI is InChI=1S/C17H23NO2/c1-12-14-6-4-5-7-15(14)20-11-10-18(12)16(19)17(2,3)13-8-9-13/h4-7,12-13H,8-11H2,1-3H3. The van der Waals surface area contributed by atoms with Gasteiger partial charge in [0.1, 0.15) is 12.4 Å². The van der Waals surface area contributed by atoms with E-state index in [4.69, 9.17) is 4.74 Å². The van der Waals surface area contributed by atoms with Crippen molar-refractivity contribution in [2.45, 2.75) is 39.7 Å². The monoisotopic (exact) mass is 273 g/mol. The van der Waals surface area contributed by atoms with Crippen LogP contribution in [0.5, 0.6) is 5.75 Å². The van der Waals surface area contributed by atoms with Crippen LogP contribution in [0.2, 0.25) is 0 Å². The first-order chi connectivity index (χ1) is 9.51. The number of amides is 1. The zero-order valence-corrected chi connectivity index (χ0v) is 12.6. The van der Waals surface area contributed by atoms with Gasteiger partial charge in [-0.2, -0.15) is 0 Å². The fourth-order valence-electron chi connectivity index (χ4n) is 3.20. The Bertz CT molecular complexity index is 519. The molecule has 1 aromatic rings. The van der Waals surface area contributed by atoms with Gasteiger partial charge in [0.25, 0.3) is 0 Å². The second kappa shape index (κ2) is 4.80. The van der Waals surface area contributed by atoms with Gasteiger partial charge in [0.2, 0.25) is 5.91 Å². The van der Waals surface area contributed by atoms with Crippen LogP contribution in [0.1, 0.15) is 45.2 Å². The number of carbonyl (C=O) groups excluding carboxylic acids is 1. The van der Waals surface area contributed by atoms with Crippen LogP contribution in [0.15, 0.2) is 24.3 Å². The van der Waals surface area contributed by atoms with Crippen LogP contribution < -0.4 is 4.74 Å². The molecule has 0 saturated heterocycles. The van der Waals surface area contributed by atoms with E-state index in [-0.39, 0.29) is 17.4 Å². The van der Waals surface area contributed by atoms with Gasteiger partial charge in [-0.25, -0.2) is 0 Å². The maximum atomic E-state index is 12.9. The van der Waals surface area contributed by atoms with E-state index in [1.165, 1.54) is 12.8 Å². The molecule has 0 radical (unpaired) electrons. The minimum absolute atomic E-state index is 0.0826. The zero-order chi connectivity index (χ0) is 14.3. The normalized spacial score (nSPS) is 22.8. The quantitative estimate of drug-likeness (QED) is 0.826. The van der Waals surface area contributed by atoms with Crippen molar-refractivity contribution in [2.24, 2.45) is 11.3 Å². The second-order valence-corrected chi connectivity index (χ2v) is 6.56. The van der Waals surface area contributed by atoms with Gasteiger partial charge in [-0.3, -0.25) is 4.79 Å². The van der Waals surface area contributed by atoms with Crippen molar-refractivity contribution < 1.29 is 9.53 Å². The second-order valence-electron chi connectivity index (χ2n) is 6.56. The van der Waals surface area contributed by atoms with Crippen molar-refractivity contribution in [1.29, 1.82) is 0 Å². The molecule has 1 heterocycles. The smallest absolute Gasteiger partial charge is 0.229 e. The molecule has 3 heteroatoms. The van der Waals surface area contributed by atoms with Gasteiger partial charge in [0.05, 0.1) is 12.6 Å². The lowest BCUT2D eigenvalue weighted by atomic mass is 9.85. The first-order valence-corrected chi connectivity index (χ1v) is 7.54. The van der Waals surface area contributed by atoms with Crippen molar-refractivity contribution in [3.63, 3.8) is 0 Å². The van der Waals surface area contributed by atoms with E-state index in [9.17, 15) is 4.79 Å². The molecule has 108 valence electrons. The van der Waals surface area contributed by atoms with Gasteiger partial charge in [-0.15, -0.1) is 0 Å². The fraction of sp³-hybridized carbons (Fsp3) is 0.588. The van der Waals surface area contributed by atoms with Crippen molar-refractivity contribution in [2.75, 3.05) is 13.2 Å². The predicted molar refractivity (Wildman–Crippen MR) is 78.6 cm³/mol. The summed E-state index contributed by atoms with van der Waals surface area (Å²) in [6, 6.07) is 8.14. The molecular weight excluding hydrogens is 250 g/mol. The van der Waals surface area contributed by atoms with Crippen LogP contribution in [0.4, 0.5) is 0 Å². The Morgan fingerprint density at radius 2 is 2.00 bits per heavy atom. The molecule has 1 amide bonds. The number of hydrogen-bond acceptors (Lipinski definition) is 2. The van der Waals surface area contributed by atoms with Gasteiger partial charge in [0, 0.05) is 11.0 Å². The minimum Gasteiger partial charge on any atom is -0.491 e. The highest BCUT2D eigenvalue weighted by Crippen LogP contribution is 2.47. The number of carbonyl (C=O) groups is 1. The Morgan fingerprint density at radius 3 is 2.70 bits per heavy atom. The van der Waals surface area contributed by atoms with E-state index in [0.717, 1.165) is 11.3 Å². The molecule has 3 nitrogen and oxygen atoms in total. The predicted octanol–water partition coefficient (Wildman–Crippen LogP) is 3.40. The highest BCUT2D eigenvalue weighted by molar-refractivity contribution is 5.83. The average molecular weight is 273 g/mol. The third-order valence-electron chi connectivity index (χ3n) is 4.84. The van der Waals surface area contributed by atoms with Crippen LogP contribution in [-0.2, 0) is 4.79 Å². The first kappa shape index (κ1) is 13.5. The number of fused-ring (bicyclic) bond motifs is 1. The Labute approximate surface area is 120 Å². The lowest BCUT2D eigenvalue weighted by molar-refractivity contribution is -0.144. The summed E-state index contributed by atoms with van der Waals surface area (Å²) in [4.78, 5) is 14.9. The highest BCUT2D eigenvalue weighted by Gasteiger charge is 2.46. The van der Waals surface area contributed by atoms with E-state index >= 15 is 0 Å². The number of rotatable bonds is 2. The van der Waals surface area contributed by atoms with E-state index in [1.807, 2.05) is 23.1 Å². The summed E-state index contributed by atoms with van der Waals surface area (Å²) in [5.74, 6) is 1.74. The molecule has 1 saturated carbocycles. The summed E-state index contributed by atoms with van der Waals surface area (Å²) in [5.41, 5.74) is 0.873. The van der Waals surface area contributed by atoms with Crippen LogP contribution in [0, 0.1) is 11.3 Å². The summed E-state index contributed by atoms with van der Waals surface area (Å²) in [5, 5.41) is 0. The molecule has 0 N–H and O–H groups in total. The lowest BCUT2D eigenvalue weighted by Crippen LogP contribution is -2.44. The molecule has 3 rings (SSSR count). The molecule has 20 heavy (non-hydrogen) atoms. The van der Waals surface area contributed by atoms with Crippen LogP contribution in [-0.4, -0.2) is 24.0 Å². The molecule has 1 unspecified atom stereocenters. The first-order valence-electron chi connectivity index (χ1n) is 7.54. The van der Waals surface area contributed by atoms with Crippen molar-refractivity contribution in [3.05, 3.63) is 29.8 Å². The van der Waals surface area contributed by atoms with Gasteiger partial charge in [0.15, 0.2) is 0 Å². The molecule has 1 aromatic carbocycles. The van der Waals surface area contributed by atoms with Gasteiger partial charge in [-0.05, 0) is 31.7 Å². The molecule has 1 atom stereocenters. The molecule has 1 fully saturated rings. The molecule has 0 aromatic heterocycles. The van der Waals surface area contributed by atoms with Crippen molar-refractivity contribution in [3.8, 4) is 5.75 Å². The van der Waals surface area contributed by atoms with Crippen LogP contribution in [0.25, 0.3) is 0 Å².